The highest BCUT2D eigenvalue weighted by Crippen LogP contribution is 2.26. The first-order chi connectivity index (χ1) is 15.3. The Balaban J connectivity index is 4.05. The molecular weight excluding hydrogens is 432 g/mol. The summed E-state index contributed by atoms with van der Waals surface area (Å²) in [4.78, 5) is 44.8. The predicted molar refractivity (Wildman–Crippen MR) is 123 cm³/mol. The third kappa shape index (κ3) is 16.3. The van der Waals surface area contributed by atoms with E-state index in [0.717, 1.165) is 12.8 Å². The molecule has 10 nitrogen and oxygen atoms in total. The Labute approximate surface area is 195 Å². The molecule has 1 unspecified atom stereocenters. The Kier molecular flexibility index (Phi) is 14.3. The average Bonchev–Trinajstić information content (AvgIpc) is 2.71. The summed E-state index contributed by atoms with van der Waals surface area (Å²) in [5, 5.41) is 22.9. The Hall–Kier alpha value is -3.04. The van der Waals surface area contributed by atoms with Crippen molar-refractivity contribution in [3.8, 4) is 0 Å². The van der Waals surface area contributed by atoms with Crippen molar-refractivity contribution in [1.29, 1.82) is 0 Å². The van der Waals surface area contributed by atoms with Crippen LogP contribution in [-0.2, 0) is 19.1 Å². The van der Waals surface area contributed by atoms with Crippen LogP contribution in [-0.4, -0.2) is 60.6 Å². The molecule has 0 fully saturated rings. The molecule has 188 valence electrons. The molecule has 4 N–H and O–H groups in total. The largest absolute Gasteiger partial charge is 0.478 e. The number of rotatable bonds is 15. The molecule has 0 aromatic heterocycles. The van der Waals surface area contributed by atoms with Crippen LogP contribution in [0.15, 0.2) is 23.3 Å². The summed E-state index contributed by atoms with van der Waals surface area (Å²) in [7, 11) is 0. The van der Waals surface area contributed by atoms with Crippen molar-refractivity contribution in [2.24, 2.45) is 11.3 Å². The fourth-order valence-corrected chi connectivity index (χ4v) is 2.98. The van der Waals surface area contributed by atoms with Crippen LogP contribution >= 0.6 is 0 Å². The number of ether oxygens (including phenoxy) is 2. The van der Waals surface area contributed by atoms with Crippen LogP contribution in [0.2, 0.25) is 0 Å². The molecule has 2 amide bonds. The van der Waals surface area contributed by atoms with Crippen molar-refractivity contribution in [3.05, 3.63) is 23.3 Å². The highest BCUT2D eigenvalue weighted by molar-refractivity contribution is 5.86. The van der Waals surface area contributed by atoms with Gasteiger partial charge in [0.1, 0.15) is 0 Å². The topological polar surface area (TPSA) is 151 Å². The maximum absolute atomic E-state index is 11.8. The van der Waals surface area contributed by atoms with Crippen LogP contribution < -0.4 is 10.6 Å². The van der Waals surface area contributed by atoms with E-state index in [1.807, 2.05) is 13.8 Å². The Morgan fingerprint density at radius 2 is 1.33 bits per heavy atom. The van der Waals surface area contributed by atoms with Crippen LogP contribution in [0.5, 0.6) is 0 Å². The van der Waals surface area contributed by atoms with E-state index in [9.17, 15) is 19.2 Å². The number of alkyl carbamates (subject to hydrolysis) is 2. The van der Waals surface area contributed by atoms with E-state index < -0.39 is 24.1 Å². The van der Waals surface area contributed by atoms with Crippen LogP contribution in [0.1, 0.15) is 60.3 Å². The number of carboxylic acid groups (broad SMARTS) is 2. The van der Waals surface area contributed by atoms with Crippen molar-refractivity contribution in [3.63, 3.8) is 0 Å². The lowest BCUT2D eigenvalue weighted by Gasteiger charge is -2.28. The molecule has 0 aromatic carbocycles. The normalized spacial score (nSPS) is 13.1. The fourth-order valence-electron chi connectivity index (χ4n) is 2.98. The molecule has 0 rings (SSSR count). The zero-order valence-electron chi connectivity index (χ0n) is 20.2. The average molecular weight is 471 g/mol. The van der Waals surface area contributed by atoms with Crippen molar-refractivity contribution in [2.45, 2.75) is 60.3 Å². The highest BCUT2D eigenvalue weighted by atomic mass is 16.6. The van der Waals surface area contributed by atoms with Gasteiger partial charge in [0, 0.05) is 37.1 Å². The van der Waals surface area contributed by atoms with Crippen molar-refractivity contribution in [1.82, 2.24) is 10.6 Å². The molecule has 1 atom stereocenters. The highest BCUT2D eigenvalue weighted by Gasteiger charge is 2.22. The van der Waals surface area contributed by atoms with Crippen LogP contribution in [0.3, 0.4) is 0 Å². The van der Waals surface area contributed by atoms with Gasteiger partial charge in [0.05, 0.1) is 13.2 Å². The molecule has 33 heavy (non-hydrogen) atoms. The molecule has 0 spiro atoms. The number of carbonyl (C=O) groups is 4. The standard InChI is InChI=1S/C23H38N2O8/c1-16(10-11-24-21(30)32-12-6-8-17(2)19(26)27)14-23(4,5)15-25-22(31)33-13-7-9-18(3)20(28)29/h8-9,16H,6-7,10-15H2,1-5H3,(H,24,30)(H,25,31)(H,26,27)(H,28,29). The van der Waals surface area contributed by atoms with Crippen LogP contribution in [0.4, 0.5) is 9.59 Å². The number of aliphatic carboxylic acids is 2. The predicted octanol–water partition coefficient (Wildman–Crippen LogP) is 3.72. The minimum absolute atomic E-state index is 0.102. The second-order valence-corrected chi connectivity index (χ2v) is 8.78. The lowest BCUT2D eigenvalue weighted by Crippen LogP contribution is -2.36. The van der Waals surface area contributed by atoms with E-state index >= 15 is 0 Å². The maximum atomic E-state index is 11.8. The van der Waals surface area contributed by atoms with Gasteiger partial charge in [-0.3, -0.25) is 0 Å². The summed E-state index contributed by atoms with van der Waals surface area (Å²) >= 11 is 0. The molecule has 0 radical (unpaired) electrons. The van der Waals surface area contributed by atoms with E-state index in [-0.39, 0.29) is 35.7 Å². The summed E-state index contributed by atoms with van der Waals surface area (Å²) in [5.41, 5.74) is 0.230. The monoisotopic (exact) mass is 470 g/mol. The third-order valence-electron chi connectivity index (χ3n) is 4.80. The molecule has 0 heterocycles. The molecule has 0 saturated heterocycles. The van der Waals surface area contributed by atoms with E-state index in [2.05, 4.69) is 17.6 Å². The summed E-state index contributed by atoms with van der Waals surface area (Å²) in [6.45, 7) is 10.1. The van der Waals surface area contributed by atoms with Crippen LogP contribution in [0, 0.1) is 11.3 Å². The Bertz CT molecular complexity index is 728. The molecule has 0 saturated carbocycles. The second kappa shape index (κ2) is 15.7. The quantitative estimate of drug-likeness (QED) is 0.209. The minimum Gasteiger partial charge on any atom is -0.478 e. The molecular formula is C23H38N2O8. The van der Waals surface area contributed by atoms with E-state index in [1.165, 1.54) is 26.0 Å². The van der Waals surface area contributed by atoms with Crippen molar-refractivity contribution in [2.75, 3.05) is 26.3 Å². The third-order valence-corrected chi connectivity index (χ3v) is 4.80. The smallest absolute Gasteiger partial charge is 0.407 e. The van der Waals surface area contributed by atoms with Gasteiger partial charge in [-0.25, -0.2) is 19.2 Å². The van der Waals surface area contributed by atoms with E-state index in [4.69, 9.17) is 19.7 Å². The molecule has 0 aromatic rings. The zero-order valence-corrected chi connectivity index (χ0v) is 20.2. The Morgan fingerprint density at radius 3 is 1.79 bits per heavy atom. The maximum Gasteiger partial charge on any atom is 0.407 e. The zero-order chi connectivity index (χ0) is 25.4. The molecule has 0 aliphatic rings. The second-order valence-electron chi connectivity index (χ2n) is 8.78. The summed E-state index contributed by atoms with van der Waals surface area (Å²) in [5.74, 6) is -1.71. The van der Waals surface area contributed by atoms with Gasteiger partial charge >= 0.3 is 24.1 Å². The number of hydrogen-bond donors (Lipinski definition) is 4. The summed E-state index contributed by atoms with van der Waals surface area (Å²) in [6.07, 6.45) is 4.13. The van der Waals surface area contributed by atoms with E-state index in [0.29, 0.717) is 25.9 Å². The minimum atomic E-state index is -0.997. The first-order valence-corrected chi connectivity index (χ1v) is 11.0. The van der Waals surface area contributed by atoms with Gasteiger partial charge in [-0.15, -0.1) is 0 Å². The molecule has 0 aliphatic heterocycles. The number of hydrogen-bond acceptors (Lipinski definition) is 6. The molecule has 0 aliphatic carbocycles. The van der Waals surface area contributed by atoms with Gasteiger partial charge < -0.3 is 30.3 Å². The van der Waals surface area contributed by atoms with Gasteiger partial charge in [-0.2, -0.15) is 0 Å². The first-order valence-electron chi connectivity index (χ1n) is 11.0. The van der Waals surface area contributed by atoms with Crippen molar-refractivity contribution >= 4 is 24.1 Å². The van der Waals surface area contributed by atoms with Gasteiger partial charge in [-0.05, 0) is 38.0 Å². The van der Waals surface area contributed by atoms with Gasteiger partial charge in [0.2, 0.25) is 0 Å². The van der Waals surface area contributed by atoms with E-state index in [1.54, 1.807) is 0 Å². The molecule has 0 bridgehead atoms. The van der Waals surface area contributed by atoms with Gasteiger partial charge in [-0.1, -0.05) is 32.9 Å². The number of nitrogens with one attached hydrogen (secondary N) is 2. The number of carbonyl (C=O) groups excluding carboxylic acids is 2. The fraction of sp³-hybridized carbons (Fsp3) is 0.652. The lowest BCUT2D eigenvalue weighted by molar-refractivity contribution is -0.133. The number of amides is 2. The Morgan fingerprint density at radius 1 is 0.879 bits per heavy atom. The van der Waals surface area contributed by atoms with Gasteiger partial charge in [0.25, 0.3) is 0 Å². The SMILES string of the molecule is CC(=CCCOC(=O)NCCC(C)CC(C)(C)CNC(=O)OCCC=C(C)C(=O)O)C(=O)O. The number of carboxylic acids is 2. The molecule has 10 heteroatoms. The lowest BCUT2D eigenvalue weighted by atomic mass is 9.82. The van der Waals surface area contributed by atoms with Gasteiger partial charge in [0.15, 0.2) is 0 Å². The van der Waals surface area contributed by atoms with Crippen LogP contribution in [0.25, 0.3) is 0 Å². The van der Waals surface area contributed by atoms with Crippen molar-refractivity contribution < 1.29 is 38.9 Å². The summed E-state index contributed by atoms with van der Waals surface area (Å²) in [6, 6.07) is 0. The summed E-state index contributed by atoms with van der Waals surface area (Å²) < 4.78 is 10.1. The first kappa shape index (κ1) is 30.0.